The summed E-state index contributed by atoms with van der Waals surface area (Å²) in [7, 11) is 0. The second-order valence-corrected chi connectivity index (χ2v) is 4.74. The fourth-order valence-corrected chi connectivity index (χ4v) is 2.20. The predicted octanol–water partition coefficient (Wildman–Crippen LogP) is 2.53. The van der Waals surface area contributed by atoms with Gasteiger partial charge in [-0.2, -0.15) is 0 Å². The minimum absolute atomic E-state index is 0.113. The maximum absolute atomic E-state index is 13.4. The number of halogens is 1. The fraction of sp³-hybridized carbons (Fsp3) is 0.571. The van der Waals surface area contributed by atoms with Crippen molar-refractivity contribution >= 4 is 0 Å². The number of rotatable bonds is 5. The molecule has 0 unspecified atom stereocenters. The molecule has 0 radical (unpaired) electrons. The van der Waals surface area contributed by atoms with Crippen molar-refractivity contribution in [3.05, 3.63) is 35.6 Å². The SMILES string of the molecule is C[C@@H](Cc1ccccc1F)NC[C@H]1CCCO1. The molecule has 0 bridgehead atoms. The van der Waals surface area contributed by atoms with Crippen LogP contribution in [0.3, 0.4) is 0 Å². The van der Waals surface area contributed by atoms with Crippen LogP contribution in [0.25, 0.3) is 0 Å². The quantitative estimate of drug-likeness (QED) is 0.849. The van der Waals surface area contributed by atoms with E-state index in [0.29, 0.717) is 6.10 Å². The molecule has 3 heteroatoms. The molecule has 0 saturated carbocycles. The second-order valence-electron chi connectivity index (χ2n) is 4.74. The van der Waals surface area contributed by atoms with Gasteiger partial charge in [0.2, 0.25) is 0 Å². The van der Waals surface area contributed by atoms with Crippen LogP contribution in [0.2, 0.25) is 0 Å². The highest BCUT2D eigenvalue weighted by Crippen LogP contribution is 2.12. The Balaban J connectivity index is 1.76. The third-order valence-corrected chi connectivity index (χ3v) is 3.20. The first-order chi connectivity index (χ1) is 8.25. The highest BCUT2D eigenvalue weighted by Gasteiger charge is 2.16. The van der Waals surface area contributed by atoms with E-state index in [9.17, 15) is 4.39 Å². The molecule has 1 aliphatic heterocycles. The monoisotopic (exact) mass is 237 g/mol. The van der Waals surface area contributed by atoms with E-state index < -0.39 is 0 Å². The topological polar surface area (TPSA) is 21.3 Å². The molecule has 1 aliphatic rings. The summed E-state index contributed by atoms with van der Waals surface area (Å²) in [6.45, 7) is 3.84. The molecule has 1 aromatic carbocycles. The van der Waals surface area contributed by atoms with Gasteiger partial charge in [-0.05, 0) is 37.8 Å². The number of nitrogens with one attached hydrogen (secondary N) is 1. The average molecular weight is 237 g/mol. The molecule has 1 aromatic rings. The number of benzene rings is 1. The predicted molar refractivity (Wildman–Crippen MR) is 66.5 cm³/mol. The van der Waals surface area contributed by atoms with E-state index in [0.717, 1.165) is 38.0 Å². The molecular formula is C14H20FNO. The molecular weight excluding hydrogens is 217 g/mol. The summed E-state index contributed by atoms with van der Waals surface area (Å²) >= 11 is 0. The van der Waals surface area contributed by atoms with Crippen molar-refractivity contribution in [2.75, 3.05) is 13.2 Å². The van der Waals surface area contributed by atoms with Crippen LogP contribution in [0.4, 0.5) is 4.39 Å². The Hall–Kier alpha value is -0.930. The lowest BCUT2D eigenvalue weighted by atomic mass is 10.1. The van der Waals surface area contributed by atoms with Crippen LogP contribution in [0.1, 0.15) is 25.3 Å². The fourth-order valence-electron chi connectivity index (χ4n) is 2.20. The van der Waals surface area contributed by atoms with Crippen LogP contribution < -0.4 is 5.32 Å². The van der Waals surface area contributed by atoms with E-state index in [1.54, 1.807) is 6.07 Å². The third kappa shape index (κ3) is 3.79. The number of hydrogen-bond acceptors (Lipinski definition) is 2. The molecule has 1 N–H and O–H groups in total. The van der Waals surface area contributed by atoms with Crippen molar-refractivity contribution in [2.24, 2.45) is 0 Å². The normalized spacial score (nSPS) is 21.6. The lowest BCUT2D eigenvalue weighted by Crippen LogP contribution is -2.34. The van der Waals surface area contributed by atoms with Crippen LogP contribution >= 0.6 is 0 Å². The summed E-state index contributed by atoms with van der Waals surface area (Å²) in [5, 5.41) is 3.41. The van der Waals surface area contributed by atoms with Crippen LogP contribution in [-0.2, 0) is 11.2 Å². The summed E-state index contributed by atoms with van der Waals surface area (Å²) in [5.74, 6) is -0.113. The van der Waals surface area contributed by atoms with E-state index in [1.807, 2.05) is 12.1 Å². The van der Waals surface area contributed by atoms with Gasteiger partial charge in [-0.1, -0.05) is 18.2 Å². The Kier molecular flexibility index (Phi) is 4.51. The summed E-state index contributed by atoms with van der Waals surface area (Å²) in [6.07, 6.45) is 3.37. The Bertz CT molecular complexity index is 350. The Morgan fingerprint density at radius 2 is 2.29 bits per heavy atom. The van der Waals surface area contributed by atoms with Crippen molar-refractivity contribution in [3.63, 3.8) is 0 Å². The van der Waals surface area contributed by atoms with Gasteiger partial charge in [0.1, 0.15) is 5.82 Å². The van der Waals surface area contributed by atoms with Gasteiger partial charge in [0.05, 0.1) is 6.10 Å². The molecule has 2 atom stereocenters. The smallest absolute Gasteiger partial charge is 0.126 e. The van der Waals surface area contributed by atoms with Crippen LogP contribution in [0, 0.1) is 5.82 Å². The lowest BCUT2D eigenvalue weighted by Gasteiger charge is -2.17. The standard InChI is InChI=1S/C14H20FNO/c1-11(16-10-13-6-4-8-17-13)9-12-5-2-3-7-14(12)15/h2-3,5,7,11,13,16H,4,6,8-10H2,1H3/t11-,13+/m0/s1. The first kappa shape index (κ1) is 12.5. The molecule has 0 amide bonds. The molecule has 17 heavy (non-hydrogen) atoms. The summed E-state index contributed by atoms with van der Waals surface area (Å²) in [4.78, 5) is 0. The van der Waals surface area contributed by atoms with Crippen molar-refractivity contribution in [3.8, 4) is 0 Å². The molecule has 0 aliphatic carbocycles. The average Bonchev–Trinajstić information content (AvgIpc) is 2.82. The summed E-state index contributed by atoms with van der Waals surface area (Å²) < 4.78 is 19.0. The molecule has 2 rings (SSSR count). The number of ether oxygens (including phenoxy) is 1. The van der Waals surface area contributed by atoms with E-state index in [2.05, 4.69) is 12.2 Å². The van der Waals surface area contributed by atoms with Crippen molar-refractivity contribution < 1.29 is 9.13 Å². The van der Waals surface area contributed by atoms with Gasteiger partial charge in [-0.25, -0.2) is 4.39 Å². The van der Waals surface area contributed by atoms with E-state index >= 15 is 0 Å². The second kappa shape index (κ2) is 6.12. The van der Waals surface area contributed by atoms with Gasteiger partial charge in [-0.15, -0.1) is 0 Å². The van der Waals surface area contributed by atoms with Crippen LogP contribution in [0.5, 0.6) is 0 Å². The Morgan fingerprint density at radius 3 is 3.00 bits per heavy atom. The van der Waals surface area contributed by atoms with E-state index in [1.165, 1.54) is 6.07 Å². The van der Waals surface area contributed by atoms with Crippen molar-refractivity contribution in [2.45, 2.75) is 38.3 Å². The Labute approximate surface area is 102 Å². The zero-order chi connectivity index (χ0) is 12.1. The zero-order valence-electron chi connectivity index (χ0n) is 10.3. The van der Waals surface area contributed by atoms with Crippen LogP contribution in [0.15, 0.2) is 24.3 Å². The van der Waals surface area contributed by atoms with Gasteiger partial charge in [0, 0.05) is 19.2 Å². The summed E-state index contributed by atoms with van der Waals surface area (Å²) in [5.41, 5.74) is 0.778. The first-order valence-corrected chi connectivity index (χ1v) is 6.34. The molecule has 0 spiro atoms. The van der Waals surface area contributed by atoms with Gasteiger partial charge < -0.3 is 10.1 Å². The maximum atomic E-state index is 13.4. The minimum Gasteiger partial charge on any atom is -0.377 e. The lowest BCUT2D eigenvalue weighted by molar-refractivity contribution is 0.108. The largest absolute Gasteiger partial charge is 0.377 e. The first-order valence-electron chi connectivity index (χ1n) is 6.34. The van der Waals surface area contributed by atoms with E-state index in [4.69, 9.17) is 4.74 Å². The minimum atomic E-state index is -0.113. The molecule has 0 aromatic heterocycles. The highest BCUT2D eigenvalue weighted by molar-refractivity contribution is 5.18. The van der Waals surface area contributed by atoms with Gasteiger partial charge in [0.15, 0.2) is 0 Å². The van der Waals surface area contributed by atoms with E-state index in [-0.39, 0.29) is 11.9 Å². The van der Waals surface area contributed by atoms with Crippen molar-refractivity contribution in [1.82, 2.24) is 5.32 Å². The number of hydrogen-bond donors (Lipinski definition) is 1. The van der Waals surface area contributed by atoms with Gasteiger partial charge in [-0.3, -0.25) is 0 Å². The summed E-state index contributed by atoms with van der Waals surface area (Å²) in [6, 6.07) is 7.24. The maximum Gasteiger partial charge on any atom is 0.126 e. The molecule has 1 heterocycles. The van der Waals surface area contributed by atoms with Crippen LogP contribution in [-0.4, -0.2) is 25.3 Å². The Morgan fingerprint density at radius 1 is 1.47 bits per heavy atom. The third-order valence-electron chi connectivity index (χ3n) is 3.20. The molecule has 2 nitrogen and oxygen atoms in total. The van der Waals surface area contributed by atoms with Crippen molar-refractivity contribution in [1.29, 1.82) is 0 Å². The molecule has 1 fully saturated rings. The molecule has 94 valence electrons. The zero-order valence-corrected chi connectivity index (χ0v) is 10.3. The van der Waals surface area contributed by atoms with Gasteiger partial charge in [0.25, 0.3) is 0 Å². The van der Waals surface area contributed by atoms with Gasteiger partial charge >= 0.3 is 0 Å². The molecule has 1 saturated heterocycles. The highest BCUT2D eigenvalue weighted by atomic mass is 19.1.